The van der Waals surface area contributed by atoms with Crippen LogP contribution in [-0.4, -0.2) is 25.7 Å². The second kappa shape index (κ2) is 5.24. The van der Waals surface area contributed by atoms with Gasteiger partial charge in [0.15, 0.2) is 0 Å². The van der Waals surface area contributed by atoms with Crippen molar-refractivity contribution in [3.05, 3.63) is 54.2 Å². The quantitative estimate of drug-likeness (QED) is 0.701. The molecule has 0 aliphatic carbocycles. The maximum absolute atomic E-state index is 4.55. The summed E-state index contributed by atoms with van der Waals surface area (Å²) in [5, 5.41) is 7.56. The Hall–Kier alpha value is -2.14. The summed E-state index contributed by atoms with van der Waals surface area (Å²) in [5.74, 6) is 0. The van der Waals surface area contributed by atoms with Crippen LogP contribution in [0.15, 0.2) is 43.0 Å². The Bertz CT molecular complexity index is 634. The molecule has 0 radical (unpaired) electrons. The maximum Gasteiger partial charge on any atom is 0.137 e. The number of nitrogens with one attached hydrogen (secondary N) is 1. The minimum Gasteiger partial charge on any atom is -0.311 e. The Morgan fingerprint density at radius 3 is 3.00 bits per heavy atom. The molecule has 19 heavy (non-hydrogen) atoms. The molecule has 0 saturated carbocycles. The Labute approximate surface area is 111 Å². The molecule has 0 amide bonds. The number of rotatable bonds is 5. The Morgan fingerprint density at radius 2 is 2.21 bits per heavy atom. The number of imidazole rings is 1. The summed E-state index contributed by atoms with van der Waals surface area (Å²) in [6.07, 6.45) is 9.02. The maximum atomic E-state index is 4.55. The second-order valence-electron chi connectivity index (χ2n) is 4.65. The fourth-order valence-electron chi connectivity index (χ4n) is 2.12. The number of aromatic nitrogens is 4. The van der Waals surface area contributed by atoms with E-state index in [-0.39, 0.29) is 0 Å². The van der Waals surface area contributed by atoms with Crippen molar-refractivity contribution in [2.45, 2.75) is 13.0 Å². The minimum absolute atomic E-state index is 0.794. The molecular formula is C14H17N5. The molecule has 0 aliphatic heterocycles. The summed E-state index contributed by atoms with van der Waals surface area (Å²) in [6.45, 7) is 1.72. The van der Waals surface area contributed by atoms with E-state index in [1.807, 2.05) is 52.9 Å². The predicted octanol–water partition coefficient (Wildman–Crippen LogP) is 1.40. The first-order valence-electron chi connectivity index (χ1n) is 6.42. The zero-order valence-electron chi connectivity index (χ0n) is 11.0. The molecule has 3 aromatic rings. The summed E-state index contributed by atoms with van der Waals surface area (Å²) in [7, 11) is 1.94. The number of hydrogen-bond donors (Lipinski definition) is 1. The van der Waals surface area contributed by atoms with Crippen molar-refractivity contribution in [2.24, 2.45) is 7.05 Å². The van der Waals surface area contributed by atoms with Crippen molar-refractivity contribution >= 4 is 5.65 Å². The average molecular weight is 255 g/mol. The van der Waals surface area contributed by atoms with E-state index in [4.69, 9.17) is 0 Å². The van der Waals surface area contributed by atoms with E-state index < -0.39 is 0 Å². The molecule has 0 saturated heterocycles. The number of aryl methyl sites for hydroxylation is 1. The molecule has 0 unspecified atom stereocenters. The van der Waals surface area contributed by atoms with Gasteiger partial charge in [-0.1, -0.05) is 6.07 Å². The Kier molecular flexibility index (Phi) is 3.29. The van der Waals surface area contributed by atoms with Crippen molar-refractivity contribution in [1.82, 2.24) is 24.5 Å². The van der Waals surface area contributed by atoms with Crippen LogP contribution in [0.3, 0.4) is 0 Å². The molecule has 0 atom stereocenters. The van der Waals surface area contributed by atoms with Crippen LogP contribution in [0.25, 0.3) is 5.65 Å². The number of pyridine rings is 1. The lowest BCUT2D eigenvalue weighted by atomic mass is 10.2. The number of fused-ring (bicyclic) bond motifs is 1. The standard InChI is InChI=1S/C14H17N5/c1-18-10-12(8-16-18)5-6-15-9-13-11-19-7-3-2-4-14(19)17-13/h2-4,7-8,10-11,15H,5-6,9H2,1H3. The first kappa shape index (κ1) is 11.9. The van der Waals surface area contributed by atoms with Gasteiger partial charge >= 0.3 is 0 Å². The van der Waals surface area contributed by atoms with Gasteiger partial charge in [0, 0.05) is 32.2 Å². The Morgan fingerprint density at radius 1 is 1.26 bits per heavy atom. The van der Waals surface area contributed by atoms with Gasteiger partial charge in [-0.05, 0) is 30.7 Å². The lowest BCUT2D eigenvalue weighted by molar-refractivity contribution is 0.677. The zero-order chi connectivity index (χ0) is 13.1. The molecule has 0 aliphatic rings. The average Bonchev–Trinajstić information content (AvgIpc) is 3.00. The zero-order valence-corrected chi connectivity index (χ0v) is 11.0. The van der Waals surface area contributed by atoms with E-state index in [2.05, 4.69) is 21.6 Å². The summed E-state index contributed by atoms with van der Waals surface area (Å²) in [4.78, 5) is 4.55. The van der Waals surface area contributed by atoms with Crippen LogP contribution in [0.4, 0.5) is 0 Å². The van der Waals surface area contributed by atoms with Crippen LogP contribution in [-0.2, 0) is 20.0 Å². The van der Waals surface area contributed by atoms with Gasteiger partial charge in [-0.25, -0.2) is 4.98 Å². The fourth-order valence-corrected chi connectivity index (χ4v) is 2.12. The van der Waals surface area contributed by atoms with Gasteiger partial charge in [-0.2, -0.15) is 5.10 Å². The monoisotopic (exact) mass is 255 g/mol. The fraction of sp³-hybridized carbons (Fsp3) is 0.286. The topological polar surface area (TPSA) is 47.2 Å². The molecule has 0 fully saturated rings. The number of nitrogens with zero attached hydrogens (tertiary/aromatic N) is 4. The third-order valence-electron chi connectivity index (χ3n) is 3.07. The van der Waals surface area contributed by atoms with Gasteiger partial charge in [-0.3, -0.25) is 4.68 Å². The number of hydrogen-bond acceptors (Lipinski definition) is 3. The molecule has 98 valence electrons. The summed E-state index contributed by atoms with van der Waals surface area (Å²) >= 11 is 0. The smallest absolute Gasteiger partial charge is 0.137 e. The van der Waals surface area contributed by atoms with Gasteiger partial charge < -0.3 is 9.72 Å². The molecular weight excluding hydrogens is 238 g/mol. The van der Waals surface area contributed by atoms with Crippen LogP contribution in [0.1, 0.15) is 11.3 Å². The van der Waals surface area contributed by atoms with Gasteiger partial charge in [-0.15, -0.1) is 0 Å². The molecule has 3 aromatic heterocycles. The van der Waals surface area contributed by atoms with E-state index in [1.165, 1.54) is 5.56 Å². The molecule has 3 rings (SSSR count). The summed E-state index contributed by atoms with van der Waals surface area (Å²) in [6, 6.07) is 6.02. The van der Waals surface area contributed by atoms with Crippen LogP contribution in [0.5, 0.6) is 0 Å². The highest BCUT2D eigenvalue weighted by Gasteiger charge is 2.00. The summed E-state index contributed by atoms with van der Waals surface area (Å²) < 4.78 is 3.87. The van der Waals surface area contributed by atoms with Crippen molar-refractivity contribution in [3.8, 4) is 0 Å². The van der Waals surface area contributed by atoms with Crippen molar-refractivity contribution in [2.75, 3.05) is 6.54 Å². The van der Waals surface area contributed by atoms with Gasteiger partial charge in [0.2, 0.25) is 0 Å². The molecule has 0 aromatic carbocycles. The Balaban J connectivity index is 1.52. The van der Waals surface area contributed by atoms with Crippen LogP contribution in [0, 0.1) is 0 Å². The third kappa shape index (κ3) is 2.82. The highest BCUT2D eigenvalue weighted by atomic mass is 15.2. The lowest BCUT2D eigenvalue weighted by Crippen LogP contribution is -2.16. The van der Waals surface area contributed by atoms with Crippen molar-refractivity contribution in [3.63, 3.8) is 0 Å². The van der Waals surface area contributed by atoms with E-state index in [9.17, 15) is 0 Å². The van der Waals surface area contributed by atoms with E-state index in [0.717, 1.165) is 30.9 Å². The second-order valence-corrected chi connectivity index (χ2v) is 4.65. The van der Waals surface area contributed by atoms with E-state index in [1.54, 1.807) is 0 Å². The van der Waals surface area contributed by atoms with E-state index in [0.29, 0.717) is 0 Å². The van der Waals surface area contributed by atoms with Crippen LogP contribution < -0.4 is 5.32 Å². The lowest BCUT2D eigenvalue weighted by Gasteiger charge is -2.00. The van der Waals surface area contributed by atoms with Gasteiger partial charge in [0.05, 0.1) is 11.9 Å². The molecule has 5 nitrogen and oxygen atoms in total. The van der Waals surface area contributed by atoms with E-state index >= 15 is 0 Å². The van der Waals surface area contributed by atoms with Crippen LogP contribution >= 0.6 is 0 Å². The van der Waals surface area contributed by atoms with Gasteiger partial charge in [0.1, 0.15) is 5.65 Å². The largest absolute Gasteiger partial charge is 0.311 e. The van der Waals surface area contributed by atoms with Crippen molar-refractivity contribution in [1.29, 1.82) is 0 Å². The SMILES string of the molecule is Cn1cc(CCNCc2cn3ccccc3n2)cn1. The highest BCUT2D eigenvalue weighted by Crippen LogP contribution is 2.04. The predicted molar refractivity (Wildman–Crippen MR) is 73.8 cm³/mol. The molecule has 0 bridgehead atoms. The highest BCUT2D eigenvalue weighted by molar-refractivity contribution is 5.39. The first-order chi connectivity index (χ1) is 9.31. The molecule has 5 heteroatoms. The normalized spacial score (nSPS) is 11.2. The van der Waals surface area contributed by atoms with Crippen LogP contribution in [0.2, 0.25) is 0 Å². The van der Waals surface area contributed by atoms with Gasteiger partial charge in [0.25, 0.3) is 0 Å². The minimum atomic E-state index is 0.794. The van der Waals surface area contributed by atoms with Crippen molar-refractivity contribution < 1.29 is 0 Å². The summed E-state index contributed by atoms with van der Waals surface area (Å²) in [5.41, 5.74) is 3.31. The molecule has 3 heterocycles. The molecule has 0 spiro atoms. The molecule has 1 N–H and O–H groups in total. The third-order valence-corrected chi connectivity index (χ3v) is 3.07. The first-order valence-corrected chi connectivity index (χ1v) is 6.42.